The second kappa shape index (κ2) is 4.74. The van der Waals surface area contributed by atoms with Crippen LogP contribution >= 0.6 is 0 Å². The molecule has 0 N–H and O–H groups in total. The molecule has 16 heavy (non-hydrogen) atoms. The van der Waals surface area contributed by atoms with Gasteiger partial charge < -0.3 is 9.64 Å². The van der Waals surface area contributed by atoms with Gasteiger partial charge in [-0.15, -0.1) is 13.2 Å². The smallest absolute Gasteiger partial charge is 0.406 e. The molecular formula is C11H14F3NO. The summed E-state index contributed by atoms with van der Waals surface area (Å²) in [4.78, 5) is 1.97. The summed E-state index contributed by atoms with van der Waals surface area (Å²) in [5.74, 6) is -0.192. The Labute approximate surface area is 92.6 Å². The van der Waals surface area contributed by atoms with Crippen LogP contribution in [0, 0.1) is 0 Å². The van der Waals surface area contributed by atoms with Gasteiger partial charge in [0.25, 0.3) is 0 Å². The molecule has 1 rings (SSSR count). The van der Waals surface area contributed by atoms with Crippen molar-refractivity contribution in [3.63, 3.8) is 0 Å². The highest BCUT2D eigenvalue weighted by Crippen LogP contribution is 2.25. The Morgan fingerprint density at radius 1 is 1.12 bits per heavy atom. The molecule has 0 aromatic heterocycles. The standard InChI is InChI=1S/C11H14F3NO/c1-8(15(2)3)9-4-6-10(7-5-9)16-11(12,13)14/h4-8H,1-3H3/t8-/m1/s1. The first-order valence-corrected chi connectivity index (χ1v) is 4.82. The second-order valence-electron chi connectivity index (χ2n) is 3.76. The molecule has 0 saturated heterocycles. The number of alkyl halides is 3. The van der Waals surface area contributed by atoms with Crippen molar-refractivity contribution in [1.29, 1.82) is 0 Å². The zero-order valence-electron chi connectivity index (χ0n) is 9.38. The van der Waals surface area contributed by atoms with Gasteiger partial charge in [-0.2, -0.15) is 0 Å². The van der Waals surface area contributed by atoms with Crippen LogP contribution in [0.2, 0.25) is 0 Å². The number of benzene rings is 1. The first-order chi connectivity index (χ1) is 7.29. The first-order valence-electron chi connectivity index (χ1n) is 4.82. The molecule has 0 aliphatic carbocycles. The molecule has 1 aromatic rings. The van der Waals surface area contributed by atoms with Crippen molar-refractivity contribution < 1.29 is 17.9 Å². The summed E-state index contributed by atoms with van der Waals surface area (Å²) in [6.07, 6.45) is -4.63. The Hall–Kier alpha value is -1.23. The molecule has 0 fully saturated rings. The molecule has 1 aromatic carbocycles. The molecule has 1 atom stereocenters. The maximum Gasteiger partial charge on any atom is 0.573 e. The maximum absolute atomic E-state index is 11.9. The molecule has 0 heterocycles. The van der Waals surface area contributed by atoms with Gasteiger partial charge in [-0.1, -0.05) is 12.1 Å². The number of hydrogen-bond donors (Lipinski definition) is 0. The minimum atomic E-state index is -4.63. The van der Waals surface area contributed by atoms with Gasteiger partial charge in [0, 0.05) is 6.04 Å². The molecular weight excluding hydrogens is 219 g/mol. The Bertz CT molecular complexity index is 332. The Morgan fingerprint density at radius 2 is 1.62 bits per heavy atom. The second-order valence-corrected chi connectivity index (χ2v) is 3.76. The maximum atomic E-state index is 11.9. The van der Waals surface area contributed by atoms with Crippen molar-refractivity contribution in [2.75, 3.05) is 14.1 Å². The largest absolute Gasteiger partial charge is 0.573 e. The zero-order chi connectivity index (χ0) is 12.3. The molecule has 0 radical (unpaired) electrons. The van der Waals surface area contributed by atoms with E-state index >= 15 is 0 Å². The van der Waals surface area contributed by atoms with Gasteiger partial charge in [-0.25, -0.2) is 0 Å². The molecule has 5 heteroatoms. The fourth-order valence-electron chi connectivity index (χ4n) is 1.25. The fourth-order valence-corrected chi connectivity index (χ4v) is 1.25. The van der Waals surface area contributed by atoms with Gasteiger partial charge in [0.2, 0.25) is 0 Å². The lowest BCUT2D eigenvalue weighted by molar-refractivity contribution is -0.274. The van der Waals surface area contributed by atoms with E-state index in [4.69, 9.17) is 0 Å². The van der Waals surface area contributed by atoms with E-state index in [9.17, 15) is 13.2 Å². The summed E-state index contributed by atoms with van der Waals surface area (Å²) in [6.45, 7) is 1.97. The van der Waals surface area contributed by atoms with Crippen LogP contribution in [0.3, 0.4) is 0 Å². The van der Waals surface area contributed by atoms with Crippen molar-refractivity contribution >= 4 is 0 Å². The van der Waals surface area contributed by atoms with Gasteiger partial charge in [-0.05, 0) is 38.7 Å². The topological polar surface area (TPSA) is 12.5 Å². The fraction of sp³-hybridized carbons (Fsp3) is 0.455. The lowest BCUT2D eigenvalue weighted by Crippen LogP contribution is -2.18. The molecule has 2 nitrogen and oxygen atoms in total. The first kappa shape index (κ1) is 12.8. The normalized spacial score (nSPS) is 13.9. The summed E-state index contributed by atoms with van der Waals surface area (Å²) in [5.41, 5.74) is 0.944. The van der Waals surface area contributed by atoms with E-state index in [0.29, 0.717) is 0 Å². The van der Waals surface area contributed by atoms with Crippen LogP contribution in [-0.4, -0.2) is 25.4 Å². The van der Waals surface area contributed by atoms with Gasteiger partial charge in [0.1, 0.15) is 5.75 Å². The predicted molar refractivity (Wildman–Crippen MR) is 55.2 cm³/mol. The minimum Gasteiger partial charge on any atom is -0.406 e. The van der Waals surface area contributed by atoms with Crippen molar-refractivity contribution in [3.05, 3.63) is 29.8 Å². The lowest BCUT2D eigenvalue weighted by Gasteiger charge is -2.20. The lowest BCUT2D eigenvalue weighted by atomic mass is 10.1. The van der Waals surface area contributed by atoms with Crippen molar-refractivity contribution in [3.8, 4) is 5.75 Å². The minimum absolute atomic E-state index is 0.153. The number of hydrogen-bond acceptors (Lipinski definition) is 2. The van der Waals surface area contributed by atoms with E-state index in [2.05, 4.69) is 4.74 Å². The summed E-state index contributed by atoms with van der Waals surface area (Å²) >= 11 is 0. The number of rotatable bonds is 3. The van der Waals surface area contributed by atoms with Crippen molar-refractivity contribution in [2.45, 2.75) is 19.3 Å². The van der Waals surface area contributed by atoms with Crippen LogP contribution in [0.15, 0.2) is 24.3 Å². The monoisotopic (exact) mass is 233 g/mol. The zero-order valence-corrected chi connectivity index (χ0v) is 9.38. The molecule has 90 valence electrons. The third-order valence-corrected chi connectivity index (χ3v) is 2.37. The predicted octanol–water partition coefficient (Wildman–Crippen LogP) is 3.21. The van der Waals surface area contributed by atoms with Gasteiger partial charge >= 0.3 is 6.36 Å². The van der Waals surface area contributed by atoms with Gasteiger partial charge in [-0.3, -0.25) is 0 Å². The van der Waals surface area contributed by atoms with Crippen LogP contribution in [0.1, 0.15) is 18.5 Å². The molecule has 0 aliphatic rings. The molecule has 0 spiro atoms. The highest BCUT2D eigenvalue weighted by atomic mass is 19.4. The Kier molecular flexibility index (Phi) is 3.80. The van der Waals surface area contributed by atoms with Crippen LogP contribution in [0.4, 0.5) is 13.2 Å². The van der Waals surface area contributed by atoms with E-state index in [-0.39, 0.29) is 11.8 Å². The average Bonchev–Trinajstić information content (AvgIpc) is 2.15. The highest BCUT2D eigenvalue weighted by molar-refractivity contribution is 5.29. The van der Waals surface area contributed by atoms with E-state index < -0.39 is 6.36 Å². The Morgan fingerprint density at radius 3 is 2.00 bits per heavy atom. The summed E-state index contributed by atoms with van der Waals surface area (Å²) in [7, 11) is 3.82. The molecule has 0 amide bonds. The Balaban J connectivity index is 2.76. The third kappa shape index (κ3) is 3.73. The van der Waals surface area contributed by atoms with Crippen LogP contribution in [0.5, 0.6) is 5.75 Å². The summed E-state index contributed by atoms with van der Waals surface area (Å²) in [6, 6.07) is 6.06. The molecule has 0 bridgehead atoms. The van der Waals surface area contributed by atoms with Crippen LogP contribution < -0.4 is 4.74 Å². The van der Waals surface area contributed by atoms with Crippen molar-refractivity contribution in [2.24, 2.45) is 0 Å². The summed E-state index contributed by atoms with van der Waals surface area (Å²) in [5, 5.41) is 0. The third-order valence-electron chi connectivity index (χ3n) is 2.37. The number of nitrogens with zero attached hydrogens (tertiary/aromatic N) is 1. The number of ether oxygens (including phenoxy) is 1. The molecule has 0 saturated carbocycles. The average molecular weight is 233 g/mol. The SMILES string of the molecule is C[C@H](c1ccc(OC(F)(F)F)cc1)N(C)C. The van der Waals surface area contributed by atoms with E-state index in [0.717, 1.165) is 5.56 Å². The summed E-state index contributed by atoms with van der Waals surface area (Å²) < 4.78 is 39.5. The van der Waals surface area contributed by atoms with E-state index in [1.165, 1.54) is 12.1 Å². The van der Waals surface area contributed by atoms with Crippen LogP contribution in [-0.2, 0) is 0 Å². The molecule has 0 unspecified atom stereocenters. The van der Waals surface area contributed by atoms with Gasteiger partial charge in [0.15, 0.2) is 0 Å². The van der Waals surface area contributed by atoms with E-state index in [1.807, 2.05) is 25.9 Å². The molecule has 0 aliphatic heterocycles. The highest BCUT2D eigenvalue weighted by Gasteiger charge is 2.30. The quantitative estimate of drug-likeness (QED) is 0.794. The number of halogens is 3. The van der Waals surface area contributed by atoms with Crippen molar-refractivity contribution in [1.82, 2.24) is 4.90 Å². The van der Waals surface area contributed by atoms with Crippen LogP contribution in [0.25, 0.3) is 0 Å². The van der Waals surface area contributed by atoms with Gasteiger partial charge in [0.05, 0.1) is 0 Å². The van der Waals surface area contributed by atoms with E-state index in [1.54, 1.807) is 12.1 Å².